The molecule has 2 fully saturated rings. The Balaban J connectivity index is 1.62. The van der Waals surface area contributed by atoms with Crippen molar-refractivity contribution in [2.75, 3.05) is 31.7 Å². The predicted molar refractivity (Wildman–Crippen MR) is 129 cm³/mol. The van der Waals surface area contributed by atoms with Gasteiger partial charge in [0.05, 0.1) is 30.5 Å². The number of anilines is 1. The lowest BCUT2D eigenvalue weighted by atomic mass is 9.94. The Kier molecular flexibility index (Phi) is 5.94. The number of hydrogen-bond acceptors (Lipinski definition) is 6. The number of carbonyl (C=O) groups excluding carboxylic acids is 2. The van der Waals surface area contributed by atoms with E-state index < -0.39 is 17.7 Å². The van der Waals surface area contributed by atoms with Gasteiger partial charge in [0.15, 0.2) is 0 Å². The van der Waals surface area contributed by atoms with Gasteiger partial charge in [0.2, 0.25) is 0 Å². The summed E-state index contributed by atoms with van der Waals surface area (Å²) in [6.45, 7) is 3.80. The van der Waals surface area contributed by atoms with Crippen LogP contribution < -0.4 is 14.4 Å². The first kappa shape index (κ1) is 22.3. The summed E-state index contributed by atoms with van der Waals surface area (Å²) in [5.41, 5.74) is 2.27. The van der Waals surface area contributed by atoms with Gasteiger partial charge in [0, 0.05) is 18.7 Å². The standard InChI is InChI=1S/C27H30N2O5/c1-3-33-20-11-8-17(9-12-20)24-23(26(31)27(32)29(24)19-6-4-5-7-19)25(30)18-10-13-22-21(16-18)28(2)14-15-34-22/h8-13,16,19,24,30H,3-7,14-15H2,1-2H3/b25-23-. The summed E-state index contributed by atoms with van der Waals surface area (Å²) in [5.74, 6) is 0.137. The average molecular weight is 463 g/mol. The summed E-state index contributed by atoms with van der Waals surface area (Å²) in [6, 6.07) is 12.2. The van der Waals surface area contributed by atoms with Crippen molar-refractivity contribution >= 4 is 23.1 Å². The van der Waals surface area contributed by atoms with Crippen molar-refractivity contribution < 1.29 is 24.2 Å². The SMILES string of the molecule is CCOc1ccc(C2/C(=C(/O)c3ccc4c(c3)N(C)CCO4)C(=O)C(=O)N2C2CCCC2)cc1. The molecule has 2 heterocycles. The van der Waals surface area contributed by atoms with Crippen LogP contribution in [0.1, 0.15) is 49.8 Å². The van der Waals surface area contributed by atoms with Crippen LogP contribution in [0, 0.1) is 0 Å². The van der Waals surface area contributed by atoms with E-state index in [9.17, 15) is 14.7 Å². The van der Waals surface area contributed by atoms with Crippen LogP contribution in [0.3, 0.4) is 0 Å². The van der Waals surface area contributed by atoms with E-state index in [-0.39, 0.29) is 17.4 Å². The predicted octanol–water partition coefficient (Wildman–Crippen LogP) is 4.28. The first-order valence-corrected chi connectivity index (χ1v) is 12.0. The normalized spacial score (nSPS) is 22.1. The maximum Gasteiger partial charge on any atom is 0.295 e. The minimum absolute atomic E-state index is 0.0126. The zero-order chi connectivity index (χ0) is 23.8. The Bertz CT molecular complexity index is 1130. The highest BCUT2D eigenvalue weighted by atomic mass is 16.5. The van der Waals surface area contributed by atoms with Gasteiger partial charge in [-0.25, -0.2) is 0 Å². The van der Waals surface area contributed by atoms with Crippen LogP contribution in [-0.4, -0.2) is 54.5 Å². The van der Waals surface area contributed by atoms with Gasteiger partial charge in [-0.05, 0) is 55.7 Å². The number of Topliss-reactive ketones (excluding diaryl/α,β-unsaturated/α-hetero) is 1. The number of carbonyl (C=O) groups is 2. The lowest BCUT2D eigenvalue weighted by molar-refractivity contribution is -0.141. The number of amides is 1. The van der Waals surface area contributed by atoms with Gasteiger partial charge in [-0.15, -0.1) is 0 Å². The third-order valence-corrected chi connectivity index (χ3v) is 7.03. The van der Waals surface area contributed by atoms with Crippen LogP contribution in [0.15, 0.2) is 48.0 Å². The molecule has 0 bridgehead atoms. The van der Waals surface area contributed by atoms with Crippen molar-refractivity contribution in [3.05, 3.63) is 59.2 Å². The number of nitrogens with zero attached hydrogens (tertiary/aromatic N) is 2. The summed E-state index contributed by atoms with van der Waals surface area (Å²) in [5, 5.41) is 11.4. The fraction of sp³-hybridized carbons (Fsp3) is 0.407. The van der Waals surface area contributed by atoms with E-state index >= 15 is 0 Å². The molecule has 1 N–H and O–H groups in total. The molecule has 7 nitrogen and oxygen atoms in total. The molecule has 1 saturated carbocycles. The highest BCUT2D eigenvalue weighted by Crippen LogP contribution is 2.44. The molecule has 0 spiro atoms. The maximum atomic E-state index is 13.3. The molecule has 1 aliphatic carbocycles. The molecule has 1 unspecified atom stereocenters. The Morgan fingerprint density at radius 1 is 1.12 bits per heavy atom. The fourth-order valence-corrected chi connectivity index (χ4v) is 5.30. The monoisotopic (exact) mass is 462 g/mol. The van der Waals surface area contributed by atoms with E-state index in [1.807, 2.05) is 44.3 Å². The molecule has 0 aromatic heterocycles. The molecule has 178 valence electrons. The van der Waals surface area contributed by atoms with Crippen LogP contribution in [0.4, 0.5) is 5.69 Å². The molecule has 2 aliphatic heterocycles. The third kappa shape index (κ3) is 3.79. The molecule has 1 saturated heterocycles. The highest BCUT2D eigenvalue weighted by Gasteiger charge is 2.49. The van der Waals surface area contributed by atoms with Crippen LogP contribution in [0.5, 0.6) is 11.5 Å². The van der Waals surface area contributed by atoms with Gasteiger partial charge in [-0.3, -0.25) is 9.59 Å². The topological polar surface area (TPSA) is 79.3 Å². The van der Waals surface area contributed by atoms with E-state index in [2.05, 4.69) is 4.90 Å². The minimum Gasteiger partial charge on any atom is -0.507 e. The molecule has 0 radical (unpaired) electrons. The lowest BCUT2D eigenvalue weighted by Gasteiger charge is -2.31. The summed E-state index contributed by atoms with van der Waals surface area (Å²) in [6.07, 6.45) is 3.78. The third-order valence-electron chi connectivity index (χ3n) is 7.03. The average Bonchev–Trinajstić information content (AvgIpc) is 3.46. The number of hydrogen-bond donors (Lipinski definition) is 1. The highest BCUT2D eigenvalue weighted by molar-refractivity contribution is 6.46. The van der Waals surface area contributed by atoms with E-state index in [4.69, 9.17) is 9.47 Å². The summed E-state index contributed by atoms with van der Waals surface area (Å²) in [4.78, 5) is 30.3. The summed E-state index contributed by atoms with van der Waals surface area (Å²) in [7, 11) is 1.96. The van der Waals surface area contributed by atoms with Gasteiger partial charge in [-0.2, -0.15) is 0 Å². The van der Waals surface area contributed by atoms with Crippen molar-refractivity contribution in [1.29, 1.82) is 0 Å². The molecule has 5 rings (SSSR count). The number of likely N-dealkylation sites (N-methyl/N-ethyl adjacent to an activating group) is 1. The van der Waals surface area contributed by atoms with Gasteiger partial charge in [-0.1, -0.05) is 25.0 Å². The zero-order valence-corrected chi connectivity index (χ0v) is 19.6. The number of aliphatic hydroxyl groups excluding tert-OH is 1. The van der Waals surface area contributed by atoms with Crippen molar-refractivity contribution in [2.24, 2.45) is 0 Å². The summed E-state index contributed by atoms with van der Waals surface area (Å²) >= 11 is 0. The number of ether oxygens (including phenoxy) is 2. The number of fused-ring (bicyclic) bond motifs is 1. The molecule has 1 atom stereocenters. The molecule has 34 heavy (non-hydrogen) atoms. The van der Waals surface area contributed by atoms with Crippen LogP contribution in [0.25, 0.3) is 5.76 Å². The van der Waals surface area contributed by atoms with E-state index in [0.717, 1.165) is 55.0 Å². The fourth-order valence-electron chi connectivity index (χ4n) is 5.30. The van der Waals surface area contributed by atoms with Crippen LogP contribution in [0.2, 0.25) is 0 Å². The first-order chi connectivity index (χ1) is 16.5. The zero-order valence-electron chi connectivity index (χ0n) is 19.6. The first-order valence-electron chi connectivity index (χ1n) is 12.0. The van der Waals surface area contributed by atoms with Crippen molar-refractivity contribution in [3.63, 3.8) is 0 Å². The van der Waals surface area contributed by atoms with Gasteiger partial charge >= 0.3 is 0 Å². The summed E-state index contributed by atoms with van der Waals surface area (Å²) < 4.78 is 11.3. The van der Waals surface area contributed by atoms with Crippen LogP contribution >= 0.6 is 0 Å². The van der Waals surface area contributed by atoms with Crippen LogP contribution in [-0.2, 0) is 9.59 Å². The molecular formula is C27H30N2O5. The van der Waals surface area contributed by atoms with E-state index in [1.54, 1.807) is 17.0 Å². The maximum absolute atomic E-state index is 13.3. The minimum atomic E-state index is -0.635. The quantitative estimate of drug-likeness (QED) is 0.406. The number of ketones is 1. The molecule has 1 amide bonds. The number of likely N-dealkylation sites (tertiary alicyclic amines) is 1. The Labute approximate surface area is 199 Å². The smallest absolute Gasteiger partial charge is 0.295 e. The number of aliphatic hydroxyl groups is 1. The Morgan fingerprint density at radius 2 is 1.85 bits per heavy atom. The van der Waals surface area contributed by atoms with Gasteiger partial charge < -0.3 is 24.4 Å². The molecule has 3 aliphatic rings. The lowest BCUT2D eigenvalue weighted by Crippen LogP contribution is -2.37. The molecule has 2 aromatic rings. The second-order valence-corrected chi connectivity index (χ2v) is 9.10. The largest absolute Gasteiger partial charge is 0.507 e. The Morgan fingerprint density at radius 3 is 2.56 bits per heavy atom. The van der Waals surface area contributed by atoms with E-state index in [1.165, 1.54) is 0 Å². The number of benzene rings is 2. The number of rotatable bonds is 5. The van der Waals surface area contributed by atoms with Gasteiger partial charge in [0.1, 0.15) is 23.9 Å². The second kappa shape index (κ2) is 9.05. The second-order valence-electron chi connectivity index (χ2n) is 9.10. The Hall–Kier alpha value is -3.48. The molecular weight excluding hydrogens is 432 g/mol. The van der Waals surface area contributed by atoms with Gasteiger partial charge in [0.25, 0.3) is 11.7 Å². The van der Waals surface area contributed by atoms with Crippen molar-refractivity contribution in [2.45, 2.75) is 44.7 Å². The van der Waals surface area contributed by atoms with Crippen molar-refractivity contribution in [3.8, 4) is 11.5 Å². The molecule has 7 heteroatoms. The molecule has 2 aromatic carbocycles. The van der Waals surface area contributed by atoms with Crippen molar-refractivity contribution in [1.82, 2.24) is 4.90 Å². The van der Waals surface area contributed by atoms with E-state index in [0.29, 0.717) is 18.8 Å².